The van der Waals surface area contributed by atoms with Crippen molar-refractivity contribution < 1.29 is 24.4 Å². The number of ether oxygens (including phenoxy) is 1. The Morgan fingerprint density at radius 2 is 2.00 bits per heavy atom. The Bertz CT molecular complexity index is 154. The molecule has 0 aromatic carbocycles. The van der Waals surface area contributed by atoms with Crippen LogP contribution in [0.1, 0.15) is 6.92 Å². The van der Waals surface area contributed by atoms with E-state index in [1.807, 2.05) is 0 Å². The molecular weight excluding hydrogens is 167 g/mol. The SMILES string of the molecule is CC1O[C@H]([C@H](F)CO)[C@H](O)C1O. The first-order valence-electron chi connectivity index (χ1n) is 3.84. The van der Waals surface area contributed by atoms with E-state index in [1.165, 1.54) is 6.92 Å². The van der Waals surface area contributed by atoms with Gasteiger partial charge in [0.05, 0.1) is 12.7 Å². The highest BCUT2D eigenvalue weighted by molar-refractivity contribution is 4.92. The van der Waals surface area contributed by atoms with Crippen LogP contribution < -0.4 is 0 Å². The van der Waals surface area contributed by atoms with Gasteiger partial charge in [-0.2, -0.15) is 0 Å². The van der Waals surface area contributed by atoms with Gasteiger partial charge in [-0.05, 0) is 6.92 Å². The normalized spacial score (nSPS) is 44.8. The van der Waals surface area contributed by atoms with Gasteiger partial charge in [-0.1, -0.05) is 0 Å². The van der Waals surface area contributed by atoms with E-state index < -0.39 is 37.2 Å². The lowest BCUT2D eigenvalue weighted by molar-refractivity contribution is -0.0471. The average molecular weight is 180 g/mol. The van der Waals surface area contributed by atoms with E-state index in [0.29, 0.717) is 0 Å². The van der Waals surface area contributed by atoms with E-state index in [4.69, 9.17) is 14.9 Å². The highest BCUT2D eigenvalue weighted by atomic mass is 19.1. The minimum absolute atomic E-state index is 0.588. The fourth-order valence-corrected chi connectivity index (χ4v) is 1.28. The molecule has 0 saturated carbocycles. The van der Waals surface area contributed by atoms with Crippen LogP contribution >= 0.6 is 0 Å². The van der Waals surface area contributed by atoms with Gasteiger partial charge in [0, 0.05) is 0 Å². The van der Waals surface area contributed by atoms with Crippen LogP contribution in [0.2, 0.25) is 0 Å². The molecule has 1 saturated heterocycles. The highest BCUT2D eigenvalue weighted by Crippen LogP contribution is 2.24. The molecule has 1 aliphatic rings. The van der Waals surface area contributed by atoms with Crippen molar-refractivity contribution in [3.05, 3.63) is 0 Å². The molecule has 0 aromatic heterocycles. The molecule has 4 nitrogen and oxygen atoms in total. The Morgan fingerprint density at radius 1 is 1.42 bits per heavy atom. The molecule has 0 spiro atoms. The van der Waals surface area contributed by atoms with Crippen LogP contribution in [0.25, 0.3) is 0 Å². The Labute approximate surface area is 69.6 Å². The third-order valence-electron chi connectivity index (χ3n) is 2.07. The molecule has 5 atom stereocenters. The first-order chi connectivity index (χ1) is 5.57. The van der Waals surface area contributed by atoms with Crippen LogP contribution in [0.5, 0.6) is 0 Å². The molecule has 72 valence electrons. The molecule has 0 aromatic rings. The quantitative estimate of drug-likeness (QED) is 0.500. The molecule has 2 unspecified atom stereocenters. The van der Waals surface area contributed by atoms with E-state index in [1.54, 1.807) is 0 Å². The van der Waals surface area contributed by atoms with Gasteiger partial charge in [0.2, 0.25) is 0 Å². The van der Waals surface area contributed by atoms with E-state index >= 15 is 0 Å². The van der Waals surface area contributed by atoms with Crippen LogP contribution in [-0.4, -0.2) is 52.5 Å². The summed E-state index contributed by atoms with van der Waals surface area (Å²) in [6, 6.07) is 0. The Kier molecular flexibility index (Phi) is 3.00. The van der Waals surface area contributed by atoms with Crippen molar-refractivity contribution in [3.63, 3.8) is 0 Å². The summed E-state index contributed by atoms with van der Waals surface area (Å²) in [4.78, 5) is 0. The van der Waals surface area contributed by atoms with Crippen LogP contribution in [0.3, 0.4) is 0 Å². The smallest absolute Gasteiger partial charge is 0.152 e. The summed E-state index contributed by atoms with van der Waals surface area (Å²) in [7, 11) is 0. The standard InChI is InChI=1S/C7H13FO4/c1-3-5(10)6(11)7(12-3)4(8)2-9/h3-7,9-11H,2H2,1H3/t3?,4-,5?,6-,7-/m1/s1. The first kappa shape index (κ1) is 9.85. The second-order valence-electron chi connectivity index (χ2n) is 2.99. The lowest BCUT2D eigenvalue weighted by Crippen LogP contribution is -2.38. The summed E-state index contributed by atoms with van der Waals surface area (Å²) in [6.07, 6.45) is -5.66. The van der Waals surface area contributed by atoms with Gasteiger partial charge in [-0.15, -0.1) is 0 Å². The average Bonchev–Trinajstić information content (AvgIpc) is 2.32. The van der Waals surface area contributed by atoms with Crippen molar-refractivity contribution in [1.29, 1.82) is 0 Å². The molecule has 12 heavy (non-hydrogen) atoms. The lowest BCUT2D eigenvalue weighted by Gasteiger charge is -2.16. The Hall–Kier alpha value is -0.230. The van der Waals surface area contributed by atoms with E-state index in [-0.39, 0.29) is 0 Å². The van der Waals surface area contributed by atoms with E-state index in [0.717, 1.165) is 0 Å². The zero-order valence-electron chi connectivity index (χ0n) is 6.72. The number of rotatable bonds is 2. The maximum absolute atomic E-state index is 12.8. The van der Waals surface area contributed by atoms with E-state index in [2.05, 4.69) is 0 Å². The zero-order chi connectivity index (χ0) is 9.30. The van der Waals surface area contributed by atoms with Gasteiger partial charge in [0.25, 0.3) is 0 Å². The third-order valence-corrected chi connectivity index (χ3v) is 2.07. The van der Waals surface area contributed by atoms with Crippen LogP contribution in [0.15, 0.2) is 0 Å². The summed E-state index contributed by atoms with van der Waals surface area (Å²) in [5.74, 6) is 0. The number of aliphatic hydroxyl groups excluding tert-OH is 3. The molecule has 0 radical (unpaired) electrons. The monoisotopic (exact) mass is 180 g/mol. The molecular formula is C7H13FO4. The van der Waals surface area contributed by atoms with Crippen molar-refractivity contribution in [2.75, 3.05) is 6.61 Å². The van der Waals surface area contributed by atoms with Crippen LogP contribution in [0.4, 0.5) is 4.39 Å². The summed E-state index contributed by atoms with van der Waals surface area (Å²) in [6.45, 7) is 0.832. The van der Waals surface area contributed by atoms with Gasteiger partial charge in [-0.3, -0.25) is 0 Å². The zero-order valence-corrected chi connectivity index (χ0v) is 6.72. The molecule has 0 amide bonds. The first-order valence-corrected chi connectivity index (χ1v) is 3.84. The topological polar surface area (TPSA) is 69.9 Å². The van der Waals surface area contributed by atoms with Crippen molar-refractivity contribution in [1.82, 2.24) is 0 Å². The number of hydrogen-bond acceptors (Lipinski definition) is 4. The van der Waals surface area contributed by atoms with Gasteiger partial charge >= 0.3 is 0 Å². The molecule has 1 aliphatic heterocycles. The summed E-state index contributed by atoms with van der Waals surface area (Å²) in [5.41, 5.74) is 0. The molecule has 5 heteroatoms. The highest BCUT2D eigenvalue weighted by Gasteiger charge is 2.44. The predicted molar refractivity (Wildman–Crippen MR) is 38.3 cm³/mol. The fraction of sp³-hybridized carbons (Fsp3) is 1.00. The number of aliphatic hydroxyl groups is 3. The maximum atomic E-state index is 12.8. The molecule has 1 fully saturated rings. The van der Waals surface area contributed by atoms with Crippen LogP contribution in [-0.2, 0) is 4.74 Å². The van der Waals surface area contributed by atoms with Crippen molar-refractivity contribution in [2.24, 2.45) is 0 Å². The predicted octanol–water partition coefficient (Wildman–Crippen LogP) is -1.17. The molecule has 0 bridgehead atoms. The largest absolute Gasteiger partial charge is 0.393 e. The summed E-state index contributed by atoms with van der Waals surface area (Å²) in [5, 5.41) is 26.8. The van der Waals surface area contributed by atoms with Gasteiger partial charge in [0.15, 0.2) is 6.17 Å². The fourth-order valence-electron chi connectivity index (χ4n) is 1.28. The van der Waals surface area contributed by atoms with Gasteiger partial charge in [-0.25, -0.2) is 4.39 Å². The third kappa shape index (κ3) is 1.59. The van der Waals surface area contributed by atoms with Gasteiger partial charge in [0.1, 0.15) is 18.3 Å². The second-order valence-corrected chi connectivity index (χ2v) is 2.99. The van der Waals surface area contributed by atoms with Gasteiger partial charge < -0.3 is 20.1 Å². The second kappa shape index (κ2) is 3.66. The summed E-state index contributed by atoms with van der Waals surface area (Å²) >= 11 is 0. The molecule has 0 aliphatic carbocycles. The van der Waals surface area contributed by atoms with Crippen molar-refractivity contribution >= 4 is 0 Å². The molecule has 3 N–H and O–H groups in total. The molecule has 1 rings (SSSR count). The number of alkyl halides is 1. The number of hydrogen-bond donors (Lipinski definition) is 3. The maximum Gasteiger partial charge on any atom is 0.152 e. The minimum Gasteiger partial charge on any atom is -0.393 e. The van der Waals surface area contributed by atoms with Crippen molar-refractivity contribution in [2.45, 2.75) is 37.5 Å². The lowest BCUT2D eigenvalue weighted by atomic mass is 10.1. The van der Waals surface area contributed by atoms with Crippen molar-refractivity contribution in [3.8, 4) is 0 Å². The number of halogens is 1. The Morgan fingerprint density at radius 3 is 2.33 bits per heavy atom. The Balaban J connectivity index is 2.58. The van der Waals surface area contributed by atoms with Crippen LogP contribution in [0, 0.1) is 0 Å². The molecule has 1 heterocycles. The van der Waals surface area contributed by atoms with E-state index in [9.17, 15) is 9.50 Å². The summed E-state index contributed by atoms with van der Waals surface area (Å²) < 4.78 is 17.7. The minimum atomic E-state index is -1.64.